The molecule has 0 atom stereocenters. The number of hydrogen-bond donors (Lipinski definition) is 1. The van der Waals surface area contributed by atoms with Gasteiger partial charge in [0.1, 0.15) is 0 Å². The van der Waals surface area contributed by atoms with E-state index in [2.05, 4.69) is 52.1 Å². The lowest BCUT2D eigenvalue weighted by Gasteiger charge is -2.34. The summed E-state index contributed by atoms with van der Waals surface area (Å²) in [5, 5.41) is 4.65. The van der Waals surface area contributed by atoms with Crippen LogP contribution in [0.1, 0.15) is 74.5 Å². The first-order chi connectivity index (χ1) is 18.0. The van der Waals surface area contributed by atoms with Crippen LogP contribution in [0.15, 0.2) is 48.8 Å². The Labute approximate surface area is 232 Å². The van der Waals surface area contributed by atoms with E-state index in [4.69, 9.17) is 23.2 Å². The number of aromatic nitrogens is 1. The van der Waals surface area contributed by atoms with Crippen LogP contribution in [0.25, 0.3) is 5.52 Å². The van der Waals surface area contributed by atoms with Crippen molar-refractivity contribution in [3.8, 4) is 0 Å². The van der Waals surface area contributed by atoms with Crippen molar-refractivity contribution >= 4 is 34.6 Å². The molecule has 0 aliphatic heterocycles. The largest absolute Gasteiger partial charge is 0.340 e. The molecule has 6 heteroatoms. The maximum Gasteiger partial charge on any atom is 0.224 e. The van der Waals surface area contributed by atoms with Crippen molar-refractivity contribution in [1.29, 1.82) is 0 Å². The van der Waals surface area contributed by atoms with E-state index in [-0.39, 0.29) is 0 Å². The Morgan fingerprint density at radius 2 is 1.84 bits per heavy atom. The van der Waals surface area contributed by atoms with E-state index < -0.39 is 0 Å². The summed E-state index contributed by atoms with van der Waals surface area (Å²) in [4.78, 5) is 15.5. The van der Waals surface area contributed by atoms with Gasteiger partial charge in [-0.2, -0.15) is 0 Å². The second-order valence-corrected chi connectivity index (χ2v) is 11.2. The molecule has 0 spiro atoms. The predicted octanol–water partition coefficient (Wildman–Crippen LogP) is 7.65. The zero-order chi connectivity index (χ0) is 26.0. The Balaban J connectivity index is 1.21. The van der Waals surface area contributed by atoms with Crippen LogP contribution in [0.2, 0.25) is 10.0 Å². The van der Waals surface area contributed by atoms with Gasteiger partial charge < -0.3 is 14.6 Å². The molecule has 1 fully saturated rings. The highest BCUT2D eigenvalue weighted by Gasteiger charge is 2.24. The number of nitrogens with zero attached hydrogens (tertiary/aromatic N) is 2. The van der Waals surface area contributed by atoms with Crippen molar-refractivity contribution in [3.63, 3.8) is 0 Å². The van der Waals surface area contributed by atoms with E-state index in [1.165, 1.54) is 35.9 Å². The molecule has 2 aromatic heterocycles. The van der Waals surface area contributed by atoms with Gasteiger partial charge in [0.25, 0.3) is 0 Å². The normalized spacial score (nSPS) is 14.4. The minimum absolute atomic E-state index is 0.300. The van der Waals surface area contributed by atoms with Crippen LogP contribution >= 0.6 is 23.2 Å². The van der Waals surface area contributed by atoms with E-state index in [1.807, 2.05) is 18.2 Å². The molecule has 0 radical (unpaired) electrons. The summed E-state index contributed by atoms with van der Waals surface area (Å²) in [6.45, 7) is 4.58. The number of aryl methyl sites for hydroxylation is 2. The molecule has 2 heterocycles. The zero-order valence-corrected chi connectivity index (χ0v) is 23.7. The fourth-order valence-electron chi connectivity index (χ4n) is 5.73. The smallest absolute Gasteiger partial charge is 0.224 e. The molecule has 0 saturated heterocycles. The summed E-state index contributed by atoms with van der Waals surface area (Å²) in [5.41, 5.74) is 5.20. The number of halogens is 2. The number of fused-ring (bicyclic) bond motifs is 1. The third-order valence-corrected chi connectivity index (χ3v) is 8.65. The van der Waals surface area contributed by atoms with Gasteiger partial charge in [0.15, 0.2) is 0 Å². The van der Waals surface area contributed by atoms with Gasteiger partial charge in [-0.1, -0.05) is 67.1 Å². The van der Waals surface area contributed by atoms with Crippen LogP contribution in [0, 0.1) is 6.92 Å². The lowest BCUT2D eigenvalue weighted by atomic mass is 9.93. The summed E-state index contributed by atoms with van der Waals surface area (Å²) < 4.78 is 2.23. The lowest BCUT2D eigenvalue weighted by molar-refractivity contribution is -0.134. The molecule has 0 bridgehead atoms. The minimum Gasteiger partial charge on any atom is -0.340 e. The molecule has 4 nitrogen and oxygen atoms in total. The highest BCUT2D eigenvalue weighted by molar-refractivity contribution is 6.42. The van der Waals surface area contributed by atoms with Gasteiger partial charge >= 0.3 is 0 Å². The van der Waals surface area contributed by atoms with Crippen LogP contribution in [-0.4, -0.2) is 40.9 Å². The number of hydrogen-bond acceptors (Lipinski definition) is 2. The first kappa shape index (κ1) is 28.0. The average Bonchev–Trinajstić information content (AvgIpc) is 3.23. The molecule has 1 aliphatic rings. The molecule has 1 N–H and O–H groups in total. The van der Waals surface area contributed by atoms with Gasteiger partial charge in [0, 0.05) is 43.5 Å². The SMILES string of the molecule is Cc1cn2ccccc2c1CCCCCN(C(=O)CCNCCc1cccc(Cl)c1Cl)C1CCCCC1. The maximum atomic E-state index is 13.3. The van der Waals surface area contributed by atoms with Gasteiger partial charge in [0.05, 0.1) is 10.0 Å². The molecule has 200 valence electrons. The van der Waals surface area contributed by atoms with E-state index >= 15 is 0 Å². The van der Waals surface area contributed by atoms with Gasteiger partial charge in [-0.05, 0) is 86.9 Å². The van der Waals surface area contributed by atoms with E-state index in [9.17, 15) is 4.79 Å². The fraction of sp³-hybridized carbons (Fsp3) is 0.516. The van der Waals surface area contributed by atoms with Crippen molar-refractivity contribution in [2.24, 2.45) is 0 Å². The Kier molecular flexibility index (Phi) is 10.8. The van der Waals surface area contributed by atoms with Crippen molar-refractivity contribution in [2.45, 2.75) is 83.6 Å². The number of carbonyl (C=O) groups is 1. The van der Waals surface area contributed by atoms with Crippen LogP contribution in [0.5, 0.6) is 0 Å². The first-order valence-corrected chi connectivity index (χ1v) is 14.8. The predicted molar refractivity (Wildman–Crippen MR) is 156 cm³/mol. The van der Waals surface area contributed by atoms with Crippen molar-refractivity contribution < 1.29 is 4.79 Å². The minimum atomic E-state index is 0.300. The zero-order valence-electron chi connectivity index (χ0n) is 22.2. The molecule has 4 rings (SSSR count). The Hall–Kier alpha value is -2.01. The van der Waals surface area contributed by atoms with Gasteiger partial charge in [0.2, 0.25) is 5.91 Å². The highest BCUT2D eigenvalue weighted by atomic mass is 35.5. The van der Waals surface area contributed by atoms with Gasteiger partial charge in [-0.15, -0.1) is 0 Å². The number of pyridine rings is 1. The summed E-state index contributed by atoms with van der Waals surface area (Å²) >= 11 is 12.4. The van der Waals surface area contributed by atoms with E-state index in [0.717, 1.165) is 63.6 Å². The van der Waals surface area contributed by atoms with Gasteiger partial charge in [-0.3, -0.25) is 4.79 Å². The van der Waals surface area contributed by atoms with Crippen LogP contribution in [-0.2, 0) is 17.6 Å². The molecular formula is C31H41Cl2N3O. The van der Waals surface area contributed by atoms with Crippen LogP contribution in [0.4, 0.5) is 0 Å². The Bertz CT molecular complexity index is 1150. The first-order valence-electron chi connectivity index (χ1n) is 14.0. The topological polar surface area (TPSA) is 36.8 Å². The summed E-state index contributed by atoms with van der Waals surface area (Å²) in [5.74, 6) is 0.300. The lowest BCUT2D eigenvalue weighted by Crippen LogP contribution is -2.43. The van der Waals surface area contributed by atoms with Crippen molar-refractivity contribution in [2.75, 3.05) is 19.6 Å². The molecule has 1 amide bonds. The number of nitrogens with one attached hydrogen (secondary N) is 1. The number of unbranched alkanes of at least 4 members (excludes halogenated alkanes) is 2. The average molecular weight is 543 g/mol. The van der Waals surface area contributed by atoms with Crippen LogP contribution in [0.3, 0.4) is 0 Å². The number of benzene rings is 1. The summed E-state index contributed by atoms with van der Waals surface area (Å²) in [6, 6.07) is 12.6. The third-order valence-electron chi connectivity index (χ3n) is 7.79. The molecule has 3 aromatic rings. The van der Waals surface area contributed by atoms with E-state index in [1.54, 1.807) is 0 Å². The highest BCUT2D eigenvalue weighted by Crippen LogP contribution is 2.26. The summed E-state index contributed by atoms with van der Waals surface area (Å²) in [7, 11) is 0. The molecular weight excluding hydrogens is 501 g/mol. The van der Waals surface area contributed by atoms with Crippen LogP contribution < -0.4 is 5.32 Å². The molecule has 1 aliphatic carbocycles. The third kappa shape index (κ3) is 7.75. The Morgan fingerprint density at radius 1 is 1.00 bits per heavy atom. The van der Waals surface area contributed by atoms with Crippen molar-refractivity contribution in [3.05, 3.63) is 75.5 Å². The van der Waals surface area contributed by atoms with Crippen molar-refractivity contribution in [1.82, 2.24) is 14.6 Å². The number of amides is 1. The molecule has 1 aromatic carbocycles. The standard InChI is InChI=1S/C31H41Cl2N3O/c1-24-23-35-21-9-7-16-29(35)27(24)14-6-3-8-22-36(26-12-4-2-5-13-26)30(37)18-20-34-19-17-25-11-10-15-28(32)31(25)33/h7,9-11,15-16,21,23,26,34H,2-6,8,12-14,17-20,22H2,1H3. The molecule has 37 heavy (non-hydrogen) atoms. The summed E-state index contributed by atoms with van der Waals surface area (Å²) in [6.07, 6.45) is 16.3. The second kappa shape index (κ2) is 14.2. The van der Waals surface area contributed by atoms with Gasteiger partial charge in [-0.25, -0.2) is 0 Å². The second-order valence-electron chi connectivity index (χ2n) is 10.4. The van der Waals surface area contributed by atoms with E-state index in [0.29, 0.717) is 35.0 Å². The fourth-order valence-corrected chi connectivity index (χ4v) is 6.15. The molecule has 1 saturated carbocycles. The quantitative estimate of drug-likeness (QED) is 0.225. The Morgan fingerprint density at radius 3 is 2.68 bits per heavy atom. The molecule has 0 unspecified atom stereocenters. The number of carbonyl (C=O) groups excluding carboxylic acids is 1. The monoisotopic (exact) mass is 541 g/mol. The number of rotatable bonds is 13. The maximum absolute atomic E-state index is 13.3.